The molecule has 0 bridgehead atoms. The van der Waals surface area contributed by atoms with E-state index in [0.29, 0.717) is 0 Å². The summed E-state index contributed by atoms with van der Waals surface area (Å²) >= 11 is 2.40. The van der Waals surface area contributed by atoms with Gasteiger partial charge in [-0.3, -0.25) is 0 Å². The molecule has 0 aliphatic heterocycles. The number of ether oxygens (including phenoxy) is 2. The first kappa shape index (κ1) is 15.9. The molecule has 0 radical (unpaired) electrons. The van der Waals surface area contributed by atoms with Gasteiger partial charge in [-0.1, -0.05) is 54.6 Å². The van der Waals surface area contributed by atoms with Gasteiger partial charge >= 0.3 is 0 Å². The summed E-state index contributed by atoms with van der Waals surface area (Å²) in [6, 6.07) is 22.5. The molecule has 0 amide bonds. The van der Waals surface area contributed by atoms with Crippen molar-refractivity contribution in [3.05, 3.63) is 70.3 Å². The van der Waals surface area contributed by atoms with Crippen molar-refractivity contribution in [3.8, 4) is 33.8 Å². The van der Waals surface area contributed by atoms with Crippen LogP contribution in [-0.2, 0) is 0 Å². The van der Waals surface area contributed by atoms with Crippen LogP contribution in [0.2, 0.25) is 0 Å². The van der Waals surface area contributed by atoms with Crippen LogP contribution >= 0.6 is 22.6 Å². The van der Waals surface area contributed by atoms with Crippen molar-refractivity contribution in [3.63, 3.8) is 0 Å². The molecular formula is C20H17IO2. The predicted octanol–water partition coefficient (Wildman–Crippen LogP) is 5.64. The molecule has 23 heavy (non-hydrogen) atoms. The second-order valence-corrected chi connectivity index (χ2v) is 6.15. The summed E-state index contributed by atoms with van der Waals surface area (Å²) in [6.45, 7) is 0. The van der Waals surface area contributed by atoms with Crippen molar-refractivity contribution < 1.29 is 9.47 Å². The molecule has 0 unspecified atom stereocenters. The van der Waals surface area contributed by atoms with E-state index < -0.39 is 0 Å². The van der Waals surface area contributed by atoms with Crippen molar-refractivity contribution in [2.24, 2.45) is 0 Å². The van der Waals surface area contributed by atoms with Gasteiger partial charge in [0.2, 0.25) is 0 Å². The quantitative estimate of drug-likeness (QED) is 0.513. The predicted molar refractivity (Wildman–Crippen MR) is 103 cm³/mol. The molecule has 3 rings (SSSR count). The van der Waals surface area contributed by atoms with Crippen LogP contribution < -0.4 is 9.47 Å². The molecular weight excluding hydrogens is 399 g/mol. The third-order valence-corrected chi connectivity index (χ3v) is 4.96. The number of methoxy groups -OCH3 is 2. The topological polar surface area (TPSA) is 18.5 Å². The summed E-state index contributed by atoms with van der Waals surface area (Å²) in [5, 5.41) is 0. The third kappa shape index (κ3) is 3.06. The number of benzene rings is 3. The summed E-state index contributed by atoms with van der Waals surface area (Å²) in [5.74, 6) is 1.75. The molecule has 0 fully saturated rings. The minimum absolute atomic E-state index is 0.877. The Kier molecular flexibility index (Phi) is 4.86. The molecule has 0 aliphatic rings. The molecule has 0 spiro atoms. The zero-order chi connectivity index (χ0) is 16.2. The largest absolute Gasteiger partial charge is 0.496 e. The van der Waals surface area contributed by atoms with Gasteiger partial charge in [0, 0.05) is 14.7 Å². The second kappa shape index (κ2) is 7.04. The van der Waals surface area contributed by atoms with Gasteiger partial charge in [-0.05, 0) is 45.9 Å². The zero-order valence-corrected chi connectivity index (χ0v) is 15.2. The molecule has 3 heteroatoms. The molecule has 116 valence electrons. The molecule has 3 aromatic rings. The van der Waals surface area contributed by atoms with Crippen molar-refractivity contribution in [1.82, 2.24) is 0 Å². The second-order valence-electron chi connectivity index (χ2n) is 5.07. The summed E-state index contributed by atoms with van der Waals surface area (Å²) in [4.78, 5) is 0. The van der Waals surface area contributed by atoms with Gasteiger partial charge in [-0.25, -0.2) is 0 Å². The molecule has 0 aromatic heterocycles. The third-order valence-electron chi connectivity index (χ3n) is 3.79. The summed E-state index contributed by atoms with van der Waals surface area (Å²) in [5.41, 5.74) is 4.50. The normalized spacial score (nSPS) is 10.4. The lowest BCUT2D eigenvalue weighted by molar-refractivity contribution is 0.416. The number of hydrogen-bond acceptors (Lipinski definition) is 2. The molecule has 0 aliphatic carbocycles. The fraction of sp³-hybridized carbons (Fsp3) is 0.100. The minimum atomic E-state index is 0.877. The maximum absolute atomic E-state index is 5.52. The van der Waals surface area contributed by atoms with E-state index in [1.165, 1.54) is 3.57 Å². The standard InChI is InChI=1S/C20H17IO2/c1-22-18-12-5-3-8-14(18)16-10-7-11-17(20(16)21)15-9-4-6-13-19(15)23-2/h3-13H,1-2H3. The lowest BCUT2D eigenvalue weighted by atomic mass is 9.98. The lowest BCUT2D eigenvalue weighted by Crippen LogP contribution is -1.93. The SMILES string of the molecule is COc1ccccc1-c1cccc(-c2ccccc2OC)c1I. The number of rotatable bonds is 4. The van der Waals surface area contributed by atoms with E-state index in [9.17, 15) is 0 Å². The van der Waals surface area contributed by atoms with Crippen LogP contribution in [0.3, 0.4) is 0 Å². The van der Waals surface area contributed by atoms with Crippen molar-refractivity contribution in [2.45, 2.75) is 0 Å². The molecule has 0 atom stereocenters. The smallest absolute Gasteiger partial charge is 0.126 e. The van der Waals surface area contributed by atoms with E-state index >= 15 is 0 Å². The van der Waals surface area contributed by atoms with Crippen molar-refractivity contribution >= 4 is 22.6 Å². The first-order valence-corrected chi connectivity index (χ1v) is 8.39. The minimum Gasteiger partial charge on any atom is -0.496 e. The highest BCUT2D eigenvalue weighted by Crippen LogP contribution is 2.39. The maximum Gasteiger partial charge on any atom is 0.126 e. The van der Waals surface area contributed by atoms with Gasteiger partial charge in [0.15, 0.2) is 0 Å². The number of hydrogen-bond donors (Lipinski definition) is 0. The number of halogens is 1. The fourth-order valence-electron chi connectivity index (χ4n) is 2.68. The van der Waals surface area contributed by atoms with E-state index in [2.05, 4.69) is 52.9 Å². The van der Waals surface area contributed by atoms with Crippen LogP contribution in [0.5, 0.6) is 11.5 Å². The van der Waals surface area contributed by atoms with Crippen LogP contribution in [0.25, 0.3) is 22.3 Å². The number of para-hydroxylation sites is 2. The van der Waals surface area contributed by atoms with E-state index in [1.54, 1.807) is 14.2 Å². The van der Waals surface area contributed by atoms with Gasteiger partial charge in [-0.2, -0.15) is 0 Å². The van der Waals surface area contributed by atoms with Gasteiger partial charge < -0.3 is 9.47 Å². The molecule has 3 aromatic carbocycles. The molecule has 0 saturated carbocycles. The summed E-state index contributed by atoms with van der Waals surface area (Å²) in [7, 11) is 3.41. The van der Waals surface area contributed by atoms with Crippen LogP contribution in [0.4, 0.5) is 0 Å². The van der Waals surface area contributed by atoms with E-state index in [0.717, 1.165) is 33.8 Å². The monoisotopic (exact) mass is 416 g/mol. The highest BCUT2D eigenvalue weighted by molar-refractivity contribution is 14.1. The Morgan fingerprint density at radius 2 is 0.957 bits per heavy atom. The fourth-order valence-corrected chi connectivity index (χ4v) is 3.62. The van der Waals surface area contributed by atoms with Gasteiger partial charge in [0.25, 0.3) is 0 Å². The Morgan fingerprint density at radius 1 is 0.565 bits per heavy atom. The Balaban J connectivity index is 2.20. The molecule has 2 nitrogen and oxygen atoms in total. The van der Waals surface area contributed by atoms with Crippen LogP contribution in [0.1, 0.15) is 0 Å². The van der Waals surface area contributed by atoms with Gasteiger partial charge in [0.1, 0.15) is 11.5 Å². The van der Waals surface area contributed by atoms with E-state index in [4.69, 9.17) is 9.47 Å². The Hall–Kier alpha value is -2.01. The molecule has 0 N–H and O–H groups in total. The lowest BCUT2D eigenvalue weighted by Gasteiger charge is -2.15. The molecule has 0 heterocycles. The average molecular weight is 416 g/mol. The van der Waals surface area contributed by atoms with Gasteiger partial charge in [-0.15, -0.1) is 0 Å². The average Bonchev–Trinajstić information content (AvgIpc) is 2.62. The summed E-state index contributed by atoms with van der Waals surface area (Å²) in [6.07, 6.45) is 0. The Morgan fingerprint density at radius 3 is 1.39 bits per heavy atom. The van der Waals surface area contributed by atoms with Crippen LogP contribution in [-0.4, -0.2) is 14.2 Å². The Bertz CT molecular complexity index is 762. The van der Waals surface area contributed by atoms with E-state index in [-0.39, 0.29) is 0 Å². The van der Waals surface area contributed by atoms with Gasteiger partial charge in [0.05, 0.1) is 14.2 Å². The van der Waals surface area contributed by atoms with Crippen LogP contribution in [0, 0.1) is 3.57 Å². The maximum atomic E-state index is 5.52. The first-order chi connectivity index (χ1) is 11.3. The highest BCUT2D eigenvalue weighted by atomic mass is 127. The molecule has 0 saturated heterocycles. The first-order valence-electron chi connectivity index (χ1n) is 7.31. The summed E-state index contributed by atoms with van der Waals surface area (Å²) < 4.78 is 12.2. The Labute approximate surface area is 150 Å². The van der Waals surface area contributed by atoms with Crippen LogP contribution in [0.15, 0.2) is 66.7 Å². The highest BCUT2D eigenvalue weighted by Gasteiger charge is 2.14. The van der Waals surface area contributed by atoms with E-state index in [1.807, 2.05) is 36.4 Å². The zero-order valence-electron chi connectivity index (χ0n) is 13.0. The van der Waals surface area contributed by atoms with Crippen molar-refractivity contribution in [1.29, 1.82) is 0 Å². The van der Waals surface area contributed by atoms with Crippen molar-refractivity contribution in [2.75, 3.05) is 14.2 Å².